The van der Waals surface area contributed by atoms with Crippen molar-refractivity contribution in [3.8, 4) is 5.75 Å². The average molecular weight is 277 g/mol. The number of nitrogens with one attached hydrogen (secondary N) is 1. The summed E-state index contributed by atoms with van der Waals surface area (Å²) in [6.45, 7) is 5.18. The highest BCUT2D eigenvalue weighted by Gasteiger charge is 2.16. The fourth-order valence-corrected chi connectivity index (χ4v) is 2.10. The van der Waals surface area contributed by atoms with Gasteiger partial charge in [0.05, 0.1) is 6.04 Å². The molecule has 1 unspecified atom stereocenters. The molecule has 2 aromatic carbocycles. The summed E-state index contributed by atoms with van der Waals surface area (Å²) in [6, 6.07) is 7.41. The Morgan fingerprint density at radius 2 is 1.80 bits per heavy atom. The molecule has 106 valence electrons. The SMILES string of the molecule is Cc1ccc(C(C)Nc2c(F)ccc(C)c2F)c(O)c1. The van der Waals surface area contributed by atoms with Crippen LogP contribution in [0.1, 0.15) is 29.7 Å². The number of phenolic OH excluding ortho intramolecular Hbond substituents is 1. The Balaban J connectivity index is 2.32. The van der Waals surface area contributed by atoms with Gasteiger partial charge in [-0.05, 0) is 44.0 Å². The molecule has 0 radical (unpaired) electrons. The lowest BCUT2D eigenvalue weighted by atomic mass is 10.0. The summed E-state index contributed by atoms with van der Waals surface area (Å²) in [5, 5.41) is 12.7. The average Bonchev–Trinajstić information content (AvgIpc) is 2.39. The van der Waals surface area contributed by atoms with Gasteiger partial charge in [0.2, 0.25) is 0 Å². The smallest absolute Gasteiger partial charge is 0.152 e. The number of hydrogen-bond donors (Lipinski definition) is 2. The van der Waals surface area contributed by atoms with E-state index in [1.54, 1.807) is 26.0 Å². The third-order valence-corrected chi connectivity index (χ3v) is 3.30. The van der Waals surface area contributed by atoms with Crippen molar-refractivity contribution in [2.24, 2.45) is 0 Å². The second-order valence-corrected chi connectivity index (χ2v) is 4.98. The van der Waals surface area contributed by atoms with Crippen molar-refractivity contribution in [3.63, 3.8) is 0 Å². The normalized spacial score (nSPS) is 12.2. The molecule has 0 aliphatic heterocycles. The molecule has 0 aliphatic carbocycles. The summed E-state index contributed by atoms with van der Waals surface area (Å²) in [5.74, 6) is -1.14. The molecule has 0 spiro atoms. The Bertz CT molecular complexity index is 641. The Morgan fingerprint density at radius 1 is 1.10 bits per heavy atom. The predicted octanol–water partition coefficient (Wildman–Crippen LogP) is 4.46. The zero-order valence-electron chi connectivity index (χ0n) is 11.7. The lowest BCUT2D eigenvalue weighted by Crippen LogP contribution is -2.10. The van der Waals surface area contributed by atoms with Crippen molar-refractivity contribution < 1.29 is 13.9 Å². The van der Waals surface area contributed by atoms with Gasteiger partial charge in [-0.2, -0.15) is 0 Å². The Labute approximate surface area is 117 Å². The van der Waals surface area contributed by atoms with Gasteiger partial charge in [-0.15, -0.1) is 0 Å². The third kappa shape index (κ3) is 2.74. The van der Waals surface area contributed by atoms with E-state index >= 15 is 0 Å². The van der Waals surface area contributed by atoms with Crippen molar-refractivity contribution in [1.29, 1.82) is 0 Å². The minimum Gasteiger partial charge on any atom is -0.508 e. The first-order chi connectivity index (χ1) is 9.40. The van der Waals surface area contributed by atoms with Crippen LogP contribution in [0, 0.1) is 25.5 Å². The van der Waals surface area contributed by atoms with Crippen molar-refractivity contribution in [3.05, 3.63) is 58.7 Å². The predicted molar refractivity (Wildman–Crippen MR) is 76.0 cm³/mol. The topological polar surface area (TPSA) is 32.3 Å². The van der Waals surface area contributed by atoms with Crippen LogP contribution in [0.3, 0.4) is 0 Å². The highest BCUT2D eigenvalue weighted by atomic mass is 19.1. The summed E-state index contributed by atoms with van der Waals surface area (Å²) >= 11 is 0. The Kier molecular flexibility index (Phi) is 3.93. The molecule has 2 aromatic rings. The molecular formula is C16H17F2NO. The molecule has 0 aromatic heterocycles. The van der Waals surface area contributed by atoms with E-state index in [9.17, 15) is 13.9 Å². The molecule has 0 amide bonds. The van der Waals surface area contributed by atoms with Gasteiger partial charge in [-0.25, -0.2) is 8.78 Å². The van der Waals surface area contributed by atoms with Gasteiger partial charge in [-0.3, -0.25) is 0 Å². The minimum atomic E-state index is -0.647. The monoisotopic (exact) mass is 277 g/mol. The van der Waals surface area contributed by atoms with E-state index in [0.717, 1.165) is 5.56 Å². The Morgan fingerprint density at radius 3 is 2.45 bits per heavy atom. The molecule has 0 bridgehead atoms. The minimum absolute atomic E-state index is 0.110. The van der Waals surface area contributed by atoms with E-state index in [1.165, 1.54) is 12.1 Å². The molecule has 4 heteroatoms. The van der Waals surface area contributed by atoms with Crippen LogP contribution in [0.25, 0.3) is 0 Å². The molecule has 0 heterocycles. The van der Waals surface area contributed by atoms with Crippen molar-refractivity contribution in [2.45, 2.75) is 26.8 Å². The number of aryl methyl sites for hydroxylation is 2. The summed E-state index contributed by atoms with van der Waals surface area (Å²) in [4.78, 5) is 0. The first kappa shape index (κ1) is 14.3. The van der Waals surface area contributed by atoms with Crippen LogP contribution < -0.4 is 5.32 Å². The summed E-state index contributed by atoms with van der Waals surface area (Å²) in [5.41, 5.74) is 1.72. The van der Waals surface area contributed by atoms with Crippen LogP contribution in [0.4, 0.5) is 14.5 Å². The van der Waals surface area contributed by atoms with E-state index in [1.807, 2.05) is 13.0 Å². The van der Waals surface area contributed by atoms with Gasteiger partial charge >= 0.3 is 0 Å². The highest BCUT2D eigenvalue weighted by Crippen LogP contribution is 2.30. The van der Waals surface area contributed by atoms with Gasteiger partial charge < -0.3 is 10.4 Å². The van der Waals surface area contributed by atoms with Gasteiger partial charge in [0.1, 0.15) is 17.3 Å². The maximum absolute atomic E-state index is 13.9. The molecule has 2 nitrogen and oxygen atoms in total. The molecular weight excluding hydrogens is 260 g/mol. The number of phenols is 1. The molecule has 1 atom stereocenters. The molecule has 0 aliphatic rings. The molecule has 2 rings (SSSR count). The summed E-state index contributed by atoms with van der Waals surface area (Å²) < 4.78 is 27.6. The van der Waals surface area contributed by atoms with Gasteiger partial charge in [0.15, 0.2) is 5.82 Å². The standard InChI is InChI=1S/C16H17F2NO/c1-9-4-6-12(14(20)8-9)11(3)19-16-13(17)7-5-10(2)15(16)18/h4-8,11,19-20H,1-3H3. The van der Waals surface area contributed by atoms with Crippen LogP contribution in [0.2, 0.25) is 0 Å². The van der Waals surface area contributed by atoms with Gasteiger partial charge in [0, 0.05) is 5.56 Å². The van der Waals surface area contributed by atoms with Crippen LogP contribution in [-0.2, 0) is 0 Å². The number of aromatic hydroxyl groups is 1. The van der Waals surface area contributed by atoms with Crippen molar-refractivity contribution in [2.75, 3.05) is 5.32 Å². The molecule has 2 N–H and O–H groups in total. The fraction of sp³-hybridized carbons (Fsp3) is 0.250. The van der Waals surface area contributed by atoms with Crippen molar-refractivity contribution >= 4 is 5.69 Å². The second kappa shape index (κ2) is 5.49. The van der Waals surface area contributed by atoms with E-state index in [2.05, 4.69) is 5.32 Å². The largest absolute Gasteiger partial charge is 0.508 e. The van der Waals surface area contributed by atoms with Gasteiger partial charge in [-0.1, -0.05) is 18.2 Å². The fourth-order valence-electron chi connectivity index (χ4n) is 2.10. The number of halogens is 2. The van der Waals surface area contributed by atoms with Crippen LogP contribution in [-0.4, -0.2) is 5.11 Å². The second-order valence-electron chi connectivity index (χ2n) is 4.98. The van der Waals surface area contributed by atoms with E-state index in [4.69, 9.17) is 0 Å². The lowest BCUT2D eigenvalue weighted by Gasteiger charge is -2.18. The molecule has 20 heavy (non-hydrogen) atoms. The van der Waals surface area contributed by atoms with E-state index < -0.39 is 17.7 Å². The van der Waals surface area contributed by atoms with Crippen LogP contribution in [0.5, 0.6) is 5.75 Å². The molecule has 0 fully saturated rings. The zero-order chi connectivity index (χ0) is 14.9. The van der Waals surface area contributed by atoms with Crippen molar-refractivity contribution in [1.82, 2.24) is 0 Å². The zero-order valence-corrected chi connectivity index (χ0v) is 11.7. The lowest BCUT2D eigenvalue weighted by molar-refractivity contribution is 0.464. The van der Waals surface area contributed by atoms with E-state index in [0.29, 0.717) is 11.1 Å². The number of benzene rings is 2. The first-order valence-corrected chi connectivity index (χ1v) is 6.40. The van der Waals surface area contributed by atoms with E-state index in [-0.39, 0.29) is 11.4 Å². The number of anilines is 1. The van der Waals surface area contributed by atoms with Crippen LogP contribution >= 0.6 is 0 Å². The quantitative estimate of drug-likeness (QED) is 0.868. The highest BCUT2D eigenvalue weighted by molar-refractivity contribution is 5.52. The maximum atomic E-state index is 13.9. The molecule has 0 saturated carbocycles. The summed E-state index contributed by atoms with van der Waals surface area (Å²) in [6.07, 6.45) is 0. The van der Waals surface area contributed by atoms with Gasteiger partial charge in [0.25, 0.3) is 0 Å². The number of hydrogen-bond acceptors (Lipinski definition) is 2. The maximum Gasteiger partial charge on any atom is 0.152 e. The summed E-state index contributed by atoms with van der Waals surface area (Å²) in [7, 11) is 0. The number of rotatable bonds is 3. The molecule has 0 saturated heterocycles. The Hall–Kier alpha value is -2.10. The first-order valence-electron chi connectivity index (χ1n) is 6.40. The third-order valence-electron chi connectivity index (χ3n) is 3.30. The van der Waals surface area contributed by atoms with Crippen LogP contribution in [0.15, 0.2) is 30.3 Å².